The molecule has 0 N–H and O–H groups in total. The SMILES string of the molecule is CCCc1ccccc1OCCBr. The number of para-hydroxylation sites is 1. The third-order valence-corrected chi connectivity index (χ3v) is 2.15. The van der Waals surface area contributed by atoms with E-state index in [4.69, 9.17) is 4.74 Å². The van der Waals surface area contributed by atoms with E-state index in [1.54, 1.807) is 0 Å². The fourth-order valence-corrected chi connectivity index (χ4v) is 1.43. The molecule has 1 nitrogen and oxygen atoms in total. The summed E-state index contributed by atoms with van der Waals surface area (Å²) in [6.45, 7) is 2.92. The molecule has 1 rings (SSSR count). The van der Waals surface area contributed by atoms with Gasteiger partial charge in [-0.3, -0.25) is 0 Å². The van der Waals surface area contributed by atoms with Gasteiger partial charge in [0.2, 0.25) is 0 Å². The summed E-state index contributed by atoms with van der Waals surface area (Å²) in [5.74, 6) is 1.03. The molecule has 0 heterocycles. The maximum absolute atomic E-state index is 5.59. The maximum atomic E-state index is 5.59. The molecule has 0 radical (unpaired) electrons. The zero-order valence-corrected chi connectivity index (χ0v) is 9.51. The summed E-state index contributed by atoms with van der Waals surface area (Å²) in [5, 5.41) is 0.882. The van der Waals surface area contributed by atoms with Crippen LogP contribution in [-0.4, -0.2) is 11.9 Å². The molecule has 0 bridgehead atoms. The normalized spacial score (nSPS) is 10.0. The molecule has 2 heteroatoms. The van der Waals surface area contributed by atoms with Gasteiger partial charge in [0.1, 0.15) is 5.75 Å². The first-order valence-corrected chi connectivity index (χ1v) is 5.77. The molecule has 0 saturated carbocycles. The van der Waals surface area contributed by atoms with E-state index in [0.717, 1.165) is 30.5 Å². The van der Waals surface area contributed by atoms with Crippen LogP contribution in [0.25, 0.3) is 0 Å². The van der Waals surface area contributed by atoms with Gasteiger partial charge in [0.15, 0.2) is 0 Å². The predicted octanol–water partition coefficient (Wildman–Crippen LogP) is 3.41. The second-order valence-corrected chi connectivity index (χ2v) is 3.69. The molecule has 13 heavy (non-hydrogen) atoms. The Morgan fingerprint density at radius 2 is 2.08 bits per heavy atom. The Bertz CT molecular complexity index is 248. The van der Waals surface area contributed by atoms with Gasteiger partial charge in [-0.25, -0.2) is 0 Å². The number of halogens is 1. The number of rotatable bonds is 5. The summed E-state index contributed by atoms with van der Waals surface area (Å²) < 4.78 is 5.59. The van der Waals surface area contributed by atoms with E-state index < -0.39 is 0 Å². The van der Waals surface area contributed by atoms with Crippen molar-refractivity contribution in [2.45, 2.75) is 19.8 Å². The number of hydrogen-bond donors (Lipinski definition) is 0. The second kappa shape index (κ2) is 6.03. The fourth-order valence-electron chi connectivity index (χ4n) is 1.27. The Morgan fingerprint density at radius 1 is 1.31 bits per heavy atom. The number of alkyl halides is 1. The molecule has 1 aromatic carbocycles. The van der Waals surface area contributed by atoms with Crippen molar-refractivity contribution in [3.8, 4) is 5.75 Å². The summed E-state index contributed by atoms with van der Waals surface area (Å²) in [5.41, 5.74) is 1.31. The highest BCUT2D eigenvalue weighted by Gasteiger charge is 2.00. The van der Waals surface area contributed by atoms with Crippen LogP contribution in [0, 0.1) is 0 Å². The summed E-state index contributed by atoms with van der Waals surface area (Å²) in [6, 6.07) is 8.25. The van der Waals surface area contributed by atoms with E-state index in [1.807, 2.05) is 12.1 Å². The van der Waals surface area contributed by atoms with Crippen molar-refractivity contribution in [3.63, 3.8) is 0 Å². The number of benzene rings is 1. The van der Waals surface area contributed by atoms with Crippen LogP contribution in [0.15, 0.2) is 24.3 Å². The smallest absolute Gasteiger partial charge is 0.122 e. The van der Waals surface area contributed by atoms with Gasteiger partial charge < -0.3 is 4.74 Å². The highest BCUT2D eigenvalue weighted by molar-refractivity contribution is 9.09. The molecular formula is C11H15BrO. The summed E-state index contributed by atoms with van der Waals surface area (Å²) in [4.78, 5) is 0. The molecule has 0 atom stereocenters. The number of hydrogen-bond acceptors (Lipinski definition) is 1. The predicted molar refractivity (Wildman–Crippen MR) is 59.7 cm³/mol. The molecule has 1 aromatic rings. The molecule has 0 saturated heterocycles. The highest BCUT2D eigenvalue weighted by atomic mass is 79.9. The molecule has 0 unspecified atom stereocenters. The van der Waals surface area contributed by atoms with Crippen LogP contribution >= 0.6 is 15.9 Å². The summed E-state index contributed by atoms with van der Waals surface area (Å²) in [7, 11) is 0. The molecule has 0 amide bonds. The topological polar surface area (TPSA) is 9.23 Å². The van der Waals surface area contributed by atoms with Gasteiger partial charge in [0.25, 0.3) is 0 Å². The van der Waals surface area contributed by atoms with Crippen molar-refractivity contribution in [1.29, 1.82) is 0 Å². The summed E-state index contributed by atoms with van der Waals surface area (Å²) >= 11 is 3.35. The van der Waals surface area contributed by atoms with Gasteiger partial charge in [-0.05, 0) is 18.1 Å². The van der Waals surface area contributed by atoms with Gasteiger partial charge in [-0.2, -0.15) is 0 Å². The third-order valence-electron chi connectivity index (χ3n) is 1.83. The van der Waals surface area contributed by atoms with Gasteiger partial charge in [-0.15, -0.1) is 0 Å². The Hall–Kier alpha value is -0.500. The van der Waals surface area contributed by atoms with Crippen LogP contribution in [-0.2, 0) is 6.42 Å². The Morgan fingerprint density at radius 3 is 2.77 bits per heavy atom. The zero-order valence-electron chi connectivity index (χ0n) is 7.92. The minimum atomic E-state index is 0.737. The molecule has 0 aliphatic carbocycles. The lowest BCUT2D eigenvalue weighted by atomic mass is 10.1. The van der Waals surface area contributed by atoms with Gasteiger partial charge >= 0.3 is 0 Å². The average Bonchev–Trinajstić information content (AvgIpc) is 2.17. The van der Waals surface area contributed by atoms with Crippen molar-refractivity contribution in [1.82, 2.24) is 0 Å². The van der Waals surface area contributed by atoms with Crippen LogP contribution < -0.4 is 4.74 Å². The molecule has 72 valence electrons. The van der Waals surface area contributed by atoms with Crippen molar-refractivity contribution in [3.05, 3.63) is 29.8 Å². The van der Waals surface area contributed by atoms with E-state index in [2.05, 4.69) is 35.0 Å². The van der Waals surface area contributed by atoms with Crippen LogP contribution in [0.5, 0.6) is 5.75 Å². The minimum absolute atomic E-state index is 0.737. The van der Waals surface area contributed by atoms with E-state index in [1.165, 1.54) is 5.56 Å². The lowest BCUT2D eigenvalue weighted by molar-refractivity contribution is 0.341. The standard InChI is InChI=1S/C11H15BrO/c1-2-5-10-6-3-4-7-11(10)13-9-8-12/h3-4,6-7H,2,5,8-9H2,1H3. The quantitative estimate of drug-likeness (QED) is 0.720. The highest BCUT2D eigenvalue weighted by Crippen LogP contribution is 2.19. The van der Waals surface area contributed by atoms with Gasteiger partial charge in [0.05, 0.1) is 6.61 Å². The van der Waals surface area contributed by atoms with Gasteiger partial charge in [0, 0.05) is 5.33 Å². The molecule has 0 fully saturated rings. The first kappa shape index (κ1) is 10.6. The second-order valence-electron chi connectivity index (χ2n) is 2.90. The Labute approximate surface area is 88.2 Å². The summed E-state index contributed by atoms with van der Waals surface area (Å²) in [6.07, 6.45) is 2.26. The van der Waals surface area contributed by atoms with Crippen LogP contribution in [0.3, 0.4) is 0 Å². The zero-order chi connectivity index (χ0) is 9.52. The van der Waals surface area contributed by atoms with Crippen molar-refractivity contribution in [2.24, 2.45) is 0 Å². The molecule has 0 spiro atoms. The number of ether oxygens (including phenoxy) is 1. The number of aryl methyl sites for hydroxylation is 1. The Balaban J connectivity index is 2.66. The maximum Gasteiger partial charge on any atom is 0.122 e. The first-order valence-electron chi connectivity index (χ1n) is 4.65. The van der Waals surface area contributed by atoms with E-state index in [-0.39, 0.29) is 0 Å². The third kappa shape index (κ3) is 3.39. The average molecular weight is 243 g/mol. The van der Waals surface area contributed by atoms with Crippen LogP contribution in [0.4, 0.5) is 0 Å². The van der Waals surface area contributed by atoms with Crippen LogP contribution in [0.1, 0.15) is 18.9 Å². The van der Waals surface area contributed by atoms with E-state index in [9.17, 15) is 0 Å². The largest absolute Gasteiger partial charge is 0.492 e. The molecular weight excluding hydrogens is 228 g/mol. The molecule has 0 aliphatic rings. The Kier molecular flexibility index (Phi) is 4.91. The first-order chi connectivity index (χ1) is 6.38. The van der Waals surface area contributed by atoms with Crippen molar-refractivity contribution in [2.75, 3.05) is 11.9 Å². The molecule has 0 aliphatic heterocycles. The lowest BCUT2D eigenvalue weighted by Gasteiger charge is -2.09. The van der Waals surface area contributed by atoms with Crippen molar-refractivity contribution < 1.29 is 4.74 Å². The minimum Gasteiger partial charge on any atom is -0.492 e. The monoisotopic (exact) mass is 242 g/mol. The fraction of sp³-hybridized carbons (Fsp3) is 0.455. The lowest BCUT2D eigenvalue weighted by Crippen LogP contribution is -2.00. The molecule has 0 aromatic heterocycles. The van der Waals surface area contributed by atoms with E-state index >= 15 is 0 Å². The van der Waals surface area contributed by atoms with E-state index in [0.29, 0.717) is 0 Å². The van der Waals surface area contributed by atoms with Crippen LogP contribution in [0.2, 0.25) is 0 Å². The van der Waals surface area contributed by atoms with Crippen molar-refractivity contribution >= 4 is 15.9 Å². The van der Waals surface area contributed by atoms with Gasteiger partial charge in [-0.1, -0.05) is 47.5 Å².